The summed E-state index contributed by atoms with van der Waals surface area (Å²) in [6.45, 7) is 0.636. The number of methoxy groups -OCH3 is 2. The third-order valence-electron chi connectivity index (χ3n) is 3.48. The fourth-order valence-corrected chi connectivity index (χ4v) is 2.44. The smallest absolute Gasteiger partial charge is 0.231 e. The van der Waals surface area contributed by atoms with Crippen molar-refractivity contribution in [1.29, 1.82) is 0 Å². The normalized spacial score (nSPS) is 12.3. The monoisotopic (exact) mass is 287 g/mol. The van der Waals surface area contributed by atoms with Crippen LogP contribution in [0.25, 0.3) is 11.1 Å². The first-order chi connectivity index (χ1) is 10.3. The molecular formula is C16H17NO4. The number of hydrogen-bond acceptors (Lipinski definition) is 5. The van der Waals surface area contributed by atoms with Crippen molar-refractivity contribution in [3.05, 3.63) is 35.9 Å². The largest absolute Gasteiger partial charge is 0.493 e. The maximum absolute atomic E-state index is 5.81. The SMILES string of the molecule is COc1cc(-c2ccc3c(c2)OCO3)cc(CN)c1OC. The minimum Gasteiger partial charge on any atom is -0.493 e. The summed E-state index contributed by atoms with van der Waals surface area (Å²) < 4.78 is 21.5. The molecule has 0 aliphatic carbocycles. The summed E-state index contributed by atoms with van der Waals surface area (Å²) in [6.07, 6.45) is 0. The van der Waals surface area contributed by atoms with E-state index < -0.39 is 0 Å². The molecule has 1 aliphatic rings. The van der Waals surface area contributed by atoms with E-state index in [-0.39, 0.29) is 6.79 Å². The van der Waals surface area contributed by atoms with Crippen molar-refractivity contribution in [2.24, 2.45) is 5.73 Å². The molecule has 1 heterocycles. The van der Waals surface area contributed by atoms with E-state index in [1.165, 1.54) is 0 Å². The van der Waals surface area contributed by atoms with Crippen LogP contribution in [-0.2, 0) is 6.54 Å². The van der Waals surface area contributed by atoms with Crippen LogP contribution in [0.5, 0.6) is 23.0 Å². The van der Waals surface area contributed by atoms with Gasteiger partial charge in [0.15, 0.2) is 23.0 Å². The van der Waals surface area contributed by atoms with Gasteiger partial charge in [-0.2, -0.15) is 0 Å². The van der Waals surface area contributed by atoms with Gasteiger partial charge in [-0.05, 0) is 35.4 Å². The maximum atomic E-state index is 5.81. The molecule has 2 aromatic carbocycles. The van der Waals surface area contributed by atoms with Crippen LogP contribution in [0, 0.1) is 0 Å². The topological polar surface area (TPSA) is 62.9 Å². The summed E-state index contributed by atoms with van der Waals surface area (Å²) >= 11 is 0. The number of fused-ring (bicyclic) bond motifs is 1. The average Bonchev–Trinajstić information content (AvgIpc) is 3.00. The Morgan fingerprint density at radius 3 is 2.52 bits per heavy atom. The highest BCUT2D eigenvalue weighted by atomic mass is 16.7. The van der Waals surface area contributed by atoms with E-state index in [0.717, 1.165) is 28.2 Å². The number of benzene rings is 2. The van der Waals surface area contributed by atoms with Crippen molar-refractivity contribution in [1.82, 2.24) is 0 Å². The minimum atomic E-state index is 0.263. The van der Waals surface area contributed by atoms with Crippen molar-refractivity contribution in [2.75, 3.05) is 21.0 Å². The average molecular weight is 287 g/mol. The molecule has 0 bridgehead atoms. The molecule has 3 rings (SSSR count). The van der Waals surface area contributed by atoms with Gasteiger partial charge < -0.3 is 24.7 Å². The Balaban J connectivity index is 2.10. The lowest BCUT2D eigenvalue weighted by Gasteiger charge is -2.14. The van der Waals surface area contributed by atoms with Gasteiger partial charge in [0.25, 0.3) is 0 Å². The molecule has 2 N–H and O–H groups in total. The first-order valence-electron chi connectivity index (χ1n) is 6.61. The van der Waals surface area contributed by atoms with Gasteiger partial charge in [0.1, 0.15) is 0 Å². The molecule has 5 nitrogen and oxygen atoms in total. The van der Waals surface area contributed by atoms with Gasteiger partial charge in [-0.1, -0.05) is 6.07 Å². The van der Waals surface area contributed by atoms with Crippen LogP contribution in [0.2, 0.25) is 0 Å². The van der Waals surface area contributed by atoms with E-state index in [2.05, 4.69) is 0 Å². The van der Waals surface area contributed by atoms with Crippen LogP contribution >= 0.6 is 0 Å². The lowest BCUT2D eigenvalue weighted by Crippen LogP contribution is -2.02. The highest BCUT2D eigenvalue weighted by Gasteiger charge is 2.16. The van der Waals surface area contributed by atoms with Crippen molar-refractivity contribution in [3.8, 4) is 34.1 Å². The molecule has 5 heteroatoms. The van der Waals surface area contributed by atoms with Crippen LogP contribution < -0.4 is 24.7 Å². The summed E-state index contributed by atoms with van der Waals surface area (Å²) in [6, 6.07) is 9.75. The van der Waals surface area contributed by atoms with Crippen LogP contribution in [0.4, 0.5) is 0 Å². The second-order valence-electron chi connectivity index (χ2n) is 4.64. The van der Waals surface area contributed by atoms with Crippen molar-refractivity contribution in [3.63, 3.8) is 0 Å². The first-order valence-corrected chi connectivity index (χ1v) is 6.61. The standard InChI is InChI=1S/C16H17NO4/c1-18-15-7-11(5-12(8-17)16(15)19-2)10-3-4-13-14(6-10)21-9-20-13/h3-7H,8-9,17H2,1-2H3. The Morgan fingerprint density at radius 1 is 1.00 bits per heavy atom. The summed E-state index contributed by atoms with van der Waals surface area (Å²) in [5.74, 6) is 2.84. The Kier molecular flexibility index (Phi) is 3.58. The predicted molar refractivity (Wildman–Crippen MR) is 79.0 cm³/mol. The third kappa shape index (κ3) is 2.36. The summed E-state index contributed by atoms with van der Waals surface area (Å²) in [7, 11) is 3.22. The third-order valence-corrected chi connectivity index (χ3v) is 3.48. The lowest BCUT2D eigenvalue weighted by atomic mass is 10.0. The summed E-state index contributed by atoms with van der Waals surface area (Å²) in [5.41, 5.74) is 8.70. The maximum Gasteiger partial charge on any atom is 0.231 e. The fraction of sp³-hybridized carbons (Fsp3) is 0.250. The minimum absolute atomic E-state index is 0.263. The van der Waals surface area contributed by atoms with E-state index in [0.29, 0.717) is 18.0 Å². The molecule has 2 aromatic rings. The quantitative estimate of drug-likeness (QED) is 0.936. The molecule has 0 saturated carbocycles. The van der Waals surface area contributed by atoms with Crippen LogP contribution in [-0.4, -0.2) is 21.0 Å². The Hall–Kier alpha value is -2.40. The highest BCUT2D eigenvalue weighted by Crippen LogP contribution is 2.40. The molecule has 0 unspecified atom stereocenters. The molecule has 110 valence electrons. The van der Waals surface area contributed by atoms with Crippen molar-refractivity contribution >= 4 is 0 Å². The Morgan fingerprint density at radius 2 is 1.81 bits per heavy atom. The zero-order chi connectivity index (χ0) is 14.8. The molecule has 21 heavy (non-hydrogen) atoms. The van der Waals surface area contributed by atoms with E-state index in [1.807, 2.05) is 30.3 Å². The van der Waals surface area contributed by atoms with E-state index in [1.54, 1.807) is 14.2 Å². The molecule has 0 radical (unpaired) electrons. The summed E-state index contributed by atoms with van der Waals surface area (Å²) in [4.78, 5) is 0. The van der Waals surface area contributed by atoms with Crippen molar-refractivity contribution in [2.45, 2.75) is 6.54 Å². The first kappa shape index (κ1) is 13.6. The molecule has 0 saturated heterocycles. The molecule has 0 amide bonds. The summed E-state index contributed by atoms with van der Waals surface area (Å²) in [5, 5.41) is 0. The number of hydrogen-bond donors (Lipinski definition) is 1. The zero-order valence-corrected chi connectivity index (χ0v) is 12.0. The second kappa shape index (κ2) is 5.54. The Labute approximate surface area is 123 Å². The highest BCUT2D eigenvalue weighted by molar-refractivity contribution is 5.71. The van der Waals surface area contributed by atoms with E-state index in [9.17, 15) is 0 Å². The number of nitrogens with two attached hydrogens (primary N) is 1. The van der Waals surface area contributed by atoms with Gasteiger partial charge in [-0.15, -0.1) is 0 Å². The second-order valence-corrected chi connectivity index (χ2v) is 4.64. The van der Waals surface area contributed by atoms with E-state index >= 15 is 0 Å². The fourth-order valence-electron chi connectivity index (χ4n) is 2.44. The van der Waals surface area contributed by atoms with Gasteiger partial charge in [0, 0.05) is 12.1 Å². The van der Waals surface area contributed by atoms with Gasteiger partial charge in [-0.25, -0.2) is 0 Å². The molecule has 0 spiro atoms. The van der Waals surface area contributed by atoms with Crippen LogP contribution in [0.3, 0.4) is 0 Å². The predicted octanol–water partition coefficient (Wildman–Crippen LogP) is 2.56. The van der Waals surface area contributed by atoms with E-state index in [4.69, 9.17) is 24.7 Å². The molecule has 1 aliphatic heterocycles. The van der Waals surface area contributed by atoms with Gasteiger partial charge in [-0.3, -0.25) is 0 Å². The van der Waals surface area contributed by atoms with Gasteiger partial charge in [0.05, 0.1) is 14.2 Å². The van der Waals surface area contributed by atoms with Gasteiger partial charge in [0.2, 0.25) is 6.79 Å². The lowest BCUT2D eigenvalue weighted by molar-refractivity contribution is 0.174. The molecule has 0 fully saturated rings. The van der Waals surface area contributed by atoms with Crippen molar-refractivity contribution < 1.29 is 18.9 Å². The van der Waals surface area contributed by atoms with Crippen LogP contribution in [0.15, 0.2) is 30.3 Å². The molecule has 0 aromatic heterocycles. The number of ether oxygens (including phenoxy) is 4. The Bertz CT molecular complexity index is 644. The molecular weight excluding hydrogens is 270 g/mol. The van der Waals surface area contributed by atoms with Crippen LogP contribution in [0.1, 0.15) is 5.56 Å². The zero-order valence-electron chi connectivity index (χ0n) is 12.0. The van der Waals surface area contributed by atoms with Gasteiger partial charge >= 0.3 is 0 Å². The number of rotatable bonds is 4. The molecule has 0 atom stereocenters.